The van der Waals surface area contributed by atoms with E-state index in [4.69, 9.17) is 21.1 Å². The molecule has 0 aromatic heterocycles. The number of hydrogen-bond acceptors (Lipinski definition) is 5. The highest BCUT2D eigenvalue weighted by Gasteiger charge is 2.13. The van der Waals surface area contributed by atoms with E-state index in [1.807, 2.05) is 7.05 Å². The lowest BCUT2D eigenvalue weighted by molar-refractivity contribution is -0.130. The molecule has 156 valence electrons. The molecular formula is C22H28ClN3O3. The van der Waals surface area contributed by atoms with Gasteiger partial charge in [0.2, 0.25) is 5.91 Å². The summed E-state index contributed by atoms with van der Waals surface area (Å²) >= 11 is 6.04. The number of nitrogens with one attached hydrogen (secondary N) is 1. The van der Waals surface area contributed by atoms with Gasteiger partial charge in [-0.3, -0.25) is 4.79 Å². The summed E-state index contributed by atoms with van der Waals surface area (Å²) in [6, 6.07) is 13.8. The topological polar surface area (TPSA) is 54.0 Å². The van der Waals surface area contributed by atoms with Crippen molar-refractivity contribution in [1.82, 2.24) is 4.90 Å². The van der Waals surface area contributed by atoms with Gasteiger partial charge in [-0.1, -0.05) is 23.7 Å². The number of ether oxygens (including phenoxy) is 2. The monoisotopic (exact) mass is 417 g/mol. The highest BCUT2D eigenvalue weighted by atomic mass is 35.5. The van der Waals surface area contributed by atoms with E-state index in [0.717, 1.165) is 37.6 Å². The minimum Gasteiger partial charge on any atom is -0.495 e. The van der Waals surface area contributed by atoms with E-state index in [9.17, 15) is 4.79 Å². The maximum Gasteiger partial charge on any atom is 0.224 e. The molecule has 2 aromatic rings. The molecule has 1 N–H and O–H groups in total. The second-order valence-corrected chi connectivity index (χ2v) is 7.47. The molecule has 1 heterocycles. The first-order chi connectivity index (χ1) is 14.1. The first kappa shape index (κ1) is 21.3. The average molecular weight is 418 g/mol. The van der Waals surface area contributed by atoms with Gasteiger partial charge in [-0.25, -0.2) is 0 Å². The van der Waals surface area contributed by atoms with Gasteiger partial charge in [-0.05, 0) is 35.9 Å². The van der Waals surface area contributed by atoms with Crippen molar-refractivity contribution in [3.63, 3.8) is 0 Å². The number of amides is 1. The fraction of sp³-hybridized carbons (Fsp3) is 0.409. The van der Waals surface area contributed by atoms with E-state index in [-0.39, 0.29) is 5.91 Å². The van der Waals surface area contributed by atoms with Crippen LogP contribution in [-0.2, 0) is 16.1 Å². The Kier molecular flexibility index (Phi) is 7.61. The number of carbonyl (C=O) groups is 1. The molecule has 1 saturated heterocycles. The minimum absolute atomic E-state index is 0.0794. The third-order valence-electron chi connectivity index (χ3n) is 4.97. The summed E-state index contributed by atoms with van der Waals surface area (Å²) in [6.45, 7) is 4.48. The zero-order chi connectivity index (χ0) is 20.6. The highest BCUT2D eigenvalue weighted by molar-refractivity contribution is 6.30. The molecule has 29 heavy (non-hydrogen) atoms. The van der Waals surface area contributed by atoms with Gasteiger partial charge in [0.15, 0.2) is 0 Å². The van der Waals surface area contributed by atoms with Crippen molar-refractivity contribution in [3.05, 3.63) is 53.1 Å². The van der Waals surface area contributed by atoms with Gasteiger partial charge in [0, 0.05) is 50.4 Å². The Morgan fingerprint density at radius 2 is 1.93 bits per heavy atom. The molecule has 1 fully saturated rings. The lowest BCUT2D eigenvalue weighted by Gasteiger charge is -2.29. The van der Waals surface area contributed by atoms with Gasteiger partial charge in [0.05, 0.1) is 26.0 Å². The molecule has 6 nitrogen and oxygen atoms in total. The Morgan fingerprint density at radius 3 is 2.62 bits per heavy atom. The number of hydrogen-bond donors (Lipinski definition) is 1. The maximum absolute atomic E-state index is 12.5. The predicted octanol–water partition coefficient (Wildman–Crippen LogP) is 3.65. The number of rotatable bonds is 8. The molecule has 1 amide bonds. The van der Waals surface area contributed by atoms with Crippen LogP contribution in [-0.4, -0.2) is 57.8 Å². The lowest BCUT2D eigenvalue weighted by atomic mass is 10.1. The smallest absolute Gasteiger partial charge is 0.224 e. The Morgan fingerprint density at radius 1 is 1.21 bits per heavy atom. The molecule has 3 rings (SSSR count). The Balaban J connectivity index is 1.47. The second kappa shape index (κ2) is 10.4. The standard InChI is InChI=1S/C22H28ClN3O3/c1-25(16-17-3-6-19(7-4-17)26-11-13-29-14-12-26)22(27)9-10-24-20-15-18(23)5-8-21(20)28-2/h3-8,15,24H,9-14,16H2,1-2H3. The minimum atomic E-state index is 0.0794. The summed E-state index contributed by atoms with van der Waals surface area (Å²) in [6.07, 6.45) is 0.387. The van der Waals surface area contributed by atoms with Crippen LogP contribution in [0.3, 0.4) is 0 Å². The van der Waals surface area contributed by atoms with E-state index in [2.05, 4.69) is 34.5 Å². The molecular weight excluding hydrogens is 390 g/mol. The van der Waals surface area contributed by atoms with Crippen LogP contribution in [0.25, 0.3) is 0 Å². The van der Waals surface area contributed by atoms with E-state index in [1.165, 1.54) is 5.69 Å². The van der Waals surface area contributed by atoms with Crippen LogP contribution in [0.2, 0.25) is 5.02 Å². The maximum atomic E-state index is 12.5. The summed E-state index contributed by atoms with van der Waals surface area (Å²) in [7, 11) is 3.44. The number of halogens is 1. The van der Waals surface area contributed by atoms with Crippen molar-refractivity contribution in [2.75, 3.05) is 57.2 Å². The zero-order valence-corrected chi connectivity index (χ0v) is 17.7. The molecule has 1 aliphatic rings. The summed E-state index contributed by atoms with van der Waals surface area (Å²) in [5.74, 6) is 0.784. The van der Waals surface area contributed by atoms with Crippen molar-refractivity contribution in [3.8, 4) is 5.75 Å². The second-order valence-electron chi connectivity index (χ2n) is 7.04. The van der Waals surface area contributed by atoms with Crippen LogP contribution in [0.5, 0.6) is 5.75 Å². The van der Waals surface area contributed by atoms with Crippen LogP contribution in [0, 0.1) is 0 Å². The number of nitrogens with zero attached hydrogens (tertiary/aromatic N) is 2. The SMILES string of the molecule is COc1ccc(Cl)cc1NCCC(=O)N(C)Cc1ccc(N2CCOCC2)cc1. The van der Waals surface area contributed by atoms with Crippen LogP contribution in [0.15, 0.2) is 42.5 Å². The van der Waals surface area contributed by atoms with Crippen LogP contribution in [0.4, 0.5) is 11.4 Å². The number of benzene rings is 2. The number of morpholine rings is 1. The fourth-order valence-electron chi connectivity index (χ4n) is 3.31. The van der Waals surface area contributed by atoms with Crippen molar-refractivity contribution in [2.45, 2.75) is 13.0 Å². The number of anilines is 2. The molecule has 0 spiro atoms. The largest absolute Gasteiger partial charge is 0.495 e. The molecule has 0 aliphatic carbocycles. The van der Waals surface area contributed by atoms with Crippen LogP contribution >= 0.6 is 11.6 Å². The van der Waals surface area contributed by atoms with E-state index < -0.39 is 0 Å². The van der Waals surface area contributed by atoms with Crippen molar-refractivity contribution >= 4 is 28.9 Å². The fourth-order valence-corrected chi connectivity index (χ4v) is 3.48. The normalized spacial score (nSPS) is 13.8. The summed E-state index contributed by atoms with van der Waals surface area (Å²) in [5.41, 5.74) is 3.10. The molecule has 0 atom stereocenters. The molecule has 0 unspecified atom stereocenters. The van der Waals surface area contributed by atoms with E-state index in [1.54, 1.807) is 30.2 Å². The van der Waals surface area contributed by atoms with Gasteiger partial charge in [-0.15, -0.1) is 0 Å². The zero-order valence-electron chi connectivity index (χ0n) is 17.0. The van der Waals surface area contributed by atoms with Gasteiger partial charge >= 0.3 is 0 Å². The number of carbonyl (C=O) groups excluding carboxylic acids is 1. The number of methoxy groups -OCH3 is 1. The van der Waals surface area contributed by atoms with Gasteiger partial charge in [-0.2, -0.15) is 0 Å². The molecule has 2 aromatic carbocycles. The molecule has 0 radical (unpaired) electrons. The Hall–Kier alpha value is -2.44. The lowest BCUT2D eigenvalue weighted by Crippen LogP contribution is -2.36. The van der Waals surface area contributed by atoms with Crippen molar-refractivity contribution in [2.24, 2.45) is 0 Å². The Bertz CT molecular complexity index is 807. The highest BCUT2D eigenvalue weighted by Crippen LogP contribution is 2.27. The van der Waals surface area contributed by atoms with Gasteiger partial charge < -0.3 is 24.6 Å². The summed E-state index contributed by atoms with van der Waals surface area (Å²) in [5, 5.41) is 3.85. The van der Waals surface area contributed by atoms with E-state index >= 15 is 0 Å². The third kappa shape index (κ3) is 6.02. The molecule has 1 aliphatic heterocycles. The van der Waals surface area contributed by atoms with Crippen molar-refractivity contribution in [1.29, 1.82) is 0 Å². The average Bonchev–Trinajstić information content (AvgIpc) is 2.75. The third-order valence-corrected chi connectivity index (χ3v) is 5.21. The summed E-state index contributed by atoms with van der Waals surface area (Å²) in [4.78, 5) is 16.5. The molecule has 0 saturated carbocycles. The van der Waals surface area contributed by atoms with Crippen LogP contribution < -0.4 is 15.0 Å². The Labute approximate surface area is 177 Å². The first-order valence-electron chi connectivity index (χ1n) is 9.80. The van der Waals surface area contributed by atoms with Crippen LogP contribution in [0.1, 0.15) is 12.0 Å². The summed E-state index contributed by atoms with van der Waals surface area (Å²) < 4.78 is 10.7. The molecule has 7 heteroatoms. The quantitative estimate of drug-likeness (QED) is 0.710. The molecule has 0 bridgehead atoms. The van der Waals surface area contributed by atoms with Gasteiger partial charge in [0.1, 0.15) is 5.75 Å². The van der Waals surface area contributed by atoms with E-state index in [0.29, 0.717) is 30.3 Å². The first-order valence-corrected chi connectivity index (χ1v) is 10.2. The predicted molar refractivity (Wildman–Crippen MR) is 117 cm³/mol. The van der Waals surface area contributed by atoms with Crippen molar-refractivity contribution < 1.29 is 14.3 Å². The van der Waals surface area contributed by atoms with Gasteiger partial charge in [0.25, 0.3) is 0 Å².